The SMILES string of the molecule is CC(C)(C)OC(=O)N1CCCC1/C(N)=N/O.CC(C)(C)OC(=O)N1CCCC1c1noc(-c2ccnc(-c3ccnc(C#N)c3)c2)n1.CC(C)(C)OC(=O)N1CCCC1c1noc(-c2ccnc(Br)c2)n1.CCC[CH2][Sn]([CH2]CCC)([CH2]CCC)[c]1ccnc(C#N)c1.N#Cc1cc(-c2cc(-c3nc(C4CCCN4C#N)no3)ccn2)ccn1.N#Cc1cc(Br)ccn1. The Bertz CT molecular complexity index is 5560. The van der Waals surface area contributed by atoms with Gasteiger partial charge >= 0.3 is 153 Å². The number of nitrogens with zero attached hydrogens (tertiary/aromatic N) is 23. The van der Waals surface area contributed by atoms with Crippen LogP contribution in [-0.2, 0) is 14.2 Å². The van der Waals surface area contributed by atoms with Gasteiger partial charge in [0.1, 0.15) is 62.7 Å². The van der Waals surface area contributed by atoms with Crippen molar-refractivity contribution >= 4 is 77.9 Å². The molecule has 0 radical (unpaired) electrons. The van der Waals surface area contributed by atoms with Crippen LogP contribution >= 0.6 is 31.9 Å². The first-order valence-electron chi connectivity index (χ1n) is 42.1. The van der Waals surface area contributed by atoms with E-state index in [2.05, 4.69) is 147 Å². The molecule has 4 saturated heterocycles. The van der Waals surface area contributed by atoms with Crippen LogP contribution in [-0.4, -0.2) is 182 Å². The molecule has 664 valence electrons. The second-order valence-electron chi connectivity index (χ2n) is 33.3. The molecule has 0 aromatic carbocycles. The van der Waals surface area contributed by atoms with Crippen molar-refractivity contribution in [2.75, 3.05) is 26.2 Å². The van der Waals surface area contributed by atoms with Crippen LogP contribution in [0.5, 0.6) is 0 Å². The number of likely N-dealkylation sites (tertiary alicyclic amines) is 4. The number of carbonyl (C=O) groups is 3. The number of oxime groups is 1. The standard InChI is InChI=1S/C22H22N6O3.C18H13N7O.C16H19BrN4O3.C10H19N3O3.C6H3BrN2.C6H3N2.3C4H9.Sn/c1-22(2,3)30-21(29)28-10-4-5-18(28)19-26-20(31-27-19)15-7-9-25-17(12-15)14-6-8-24-16(11-14)13-23;19-10-14-8-12(3-5-21-14)15-9-13(4-6-22-15)18-23-17(24-26-18)16-2-1-7-25(16)11-20;1-16(2,3)23-15(22)21-8-4-5-11(21)13-19-14(24-20-13)10-6-7-18-12(17)9-10;1-10(2,3)16-9(14)13-6-4-5-7(13)8(11)12-15;7-5-1-2-9-6(3-5)4-8;7-5-6-3-1-2-4-8-6;3*1-3-4-2;/h6-9,11-12,18H,4-5,10H2,1-3H3;3-6,8-9,16H,1-2,7H2;6-7,9,11H,4-5,8H2,1-3H3;7,15H,4-6H2,1-3H3,(H2,11,12);1-3H;2-4H;3*1,3-4H2,2H3;. The Morgan fingerprint density at radius 2 is 0.835 bits per heavy atom. The molecule has 4 atom stereocenters. The zero-order valence-electron chi connectivity index (χ0n) is 73.5. The molecule has 4 fully saturated rings. The Morgan fingerprint density at radius 3 is 1.24 bits per heavy atom. The third kappa shape index (κ3) is 29.1. The summed E-state index contributed by atoms with van der Waals surface area (Å²) in [4.78, 5) is 85.4. The van der Waals surface area contributed by atoms with Gasteiger partial charge in [0.2, 0.25) is 0 Å². The first-order valence-corrected chi connectivity index (χ1v) is 51.2. The average Bonchev–Trinajstić information content (AvgIpc) is 1.80. The Kier molecular flexibility index (Phi) is 36.6. The van der Waals surface area contributed by atoms with E-state index in [0.717, 1.165) is 71.7 Å². The molecule has 34 nitrogen and oxygen atoms in total. The summed E-state index contributed by atoms with van der Waals surface area (Å²) in [5.41, 5.74) is 10.7. The van der Waals surface area contributed by atoms with Crippen LogP contribution < -0.4 is 9.31 Å². The third-order valence-corrected chi connectivity index (χ3v) is 36.9. The van der Waals surface area contributed by atoms with E-state index >= 15 is 0 Å². The minimum Gasteiger partial charge on any atom is -0.334 e. The largest absolute Gasteiger partial charge is 0.334 e. The number of rotatable bonds is 19. The van der Waals surface area contributed by atoms with Crippen molar-refractivity contribution in [2.45, 2.75) is 227 Å². The number of aromatic nitrogens is 13. The number of nitriles is 5. The predicted molar refractivity (Wildman–Crippen MR) is 480 cm³/mol. The minimum absolute atomic E-state index is 0.0587. The summed E-state index contributed by atoms with van der Waals surface area (Å²) in [7, 11) is 0. The molecule has 10 aromatic heterocycles. The third-order valence-electron chi connectivity index (χ3n) is 20.4. The topological polar surface area (TPSA) is 476 Å². The smallest absolute Gasteiger partial charge is 0.258 e. The molecule has 3 N–H and O–H groups in total. The summed E-state index contributed by atoms with van der Waals surface area (Å²) >= 11 is 4.18. The first kappa shape index (κ1) is 98.4. The molecule has 37 heteroatoms. The number of ether oxygens (including phenoxy) is 3. The average molecular weight is 1960 g/mol. The second kappa shape index (κ2) is 47.2. The van der Waals surface area contributed by atoms with Crippen molar-refractivity contribution < 1.29 is 47.4 Å². The summed E-state index contributed by atoms with van der Waals surface area (Å²) in [6.45, 7) is 25.9. The quantitative estimate of drug-likeness (QED) is 0.0111. The van der Waals surface area contributed by atoms with Gasteiger partial charge in [-0.2, -0.15) is 36.0 Å². The number of amides is 3. The maximum Gasteiger partial charge on any atom is 0.258 e. The molecule has 14 heterocycles. The van der Waals surface area contributed by atoms with Crippen LogP contribution in [0.1, 0.15) is 231 Å². The summed E-state index contributed by atoms with van der Waals surface area (Å²) < 4.78 is 39.9. The molecule has 4 unspecified atom stereocenters. The van der Waals surface area contributed by atoms with Gasteiger partial charge < -0.3 is 38.7 Å². The Labute approximate surface area is 760 Å². The van der Waals surface area contributed by atoms with Crippen molar-refractivity contribution in [3.8, 4) is 87.3 Å². The van der Waals surface area contributed by atoms with Crippen LogP contribution in [0, 0.1) is 56.8 Å². The number of pyridine rings is 7. The van der Waals surface area contributed by atoms with E-state index in [4.69, 9.17) is 59.8 Å². The minimum atomic E-state index is -2.35. The monoisotopic (exact) mass is 1960 g/mol. The number of halogens is 2. The maximum atomic E-state index is 12.6. The van der Waals surface area contributed by atoms with Crippen molar-refractivity contribution in [3.05, 3.63) is 178 Å². The summed E-state index contributed by atoms with van der Waals surface area (Å²) in [6.07, 6.45) is 27.1. The number of hydrogen-bond donors (Lipinski definition) is 2. The molecule has 0 saturated carbocycles. The second-order valence-corrected chi connectivity index (χ2v) is 48.2. The molecule has 14 rings (SSSR count). The fourth-order valence-corrected chi connectivity index (χ4v) is 31.0. The Balaban J connectivity index is 0.000000177. The van der Waals surface area contributed by atoms with Gasteiger partial charge in [-0.3, -0.25) is 29.6 Å². The van der Waals surface area contributed by atoms with Crippen molar-refractivity contribution in [2.24, 2.45) is 10.9 Å². The Morgan fingerprint density at radius 1 is 0.472 bits per heavy atom. The van der Waals surface area contributed by atoms with Crippen LogP contribution in [0.15, 0.2) is 156 Å². The summed E-state index contributed by atoms with van der Waals surface area (Å²) in [6, 6.07) is 32.7. The Hall–Kier alpha value is -12.4. The van der Waals surface area contributed by atoms with Gasteiger partial charge in [-0.05, 0) is 202 Å². The van der Waals surface area contributed by atoms with E-state index in [1.54, 1.807) is 137 Å². The van der Waals surface area contributed by atoms with Gasteiger partial charge in [0.25, 0.3) is 17.7 Å². The molecular formula is C90H106Br2N24O10Sn. The molecule has 4 aliphatic heterocycles. The van der Waals surface area contributed by atoms with E-state index in [9.17, 15) is 19.6 Å². The van der Waals surface area contributed by atoms with Gasteiger partial charge in [-0.25, -0.2) is 34.3 Å². The summed E-state index contributed by atoms with van der Waals surface area (Å²) in [5, 5.41) is 68.5. The van der Waals surface area contributed by atoms with E-state index in [1.807, 2.05) is 78.1 Å². The van der Waals surface area contributed by atoms with Crippen molar-refractivity contribution in [1.29, 1.82) is 26.3 Å². The van der Waals surface area contributed by atoms with Crippen molar-refractivity contribution in [1.82, 2.24) is 84.9 Å². The van der Waals surface area contributed by atoms with Gasteiger partial charge in [0, 0.05) is 95.7 Å². The molecule has 10 aromatic rings. The van der Waals surface area contributed by atoms with E-state index < -0.39 is 41.3 Å². The maximum absolute atomic E-state index is 12.6. The molecule has 3 amide bonds. The number of hydrogen-bond acceptors (Lipinski definition) is 30. The van der Waals surface area contributed by atoms with E-state index in [0.29, 0.717) is 112 Å². The number of unbranched alkanes of at least 4 members (excludes halogenated alkanes) is 3. The normalized spacial score (nSPS) is 16.0. The molecule has 127 heavy (non-hydrogen) atoms. The first-order chi connectivity index (χ1) is 60.8. The van der Waals surface area contributed by atoms with E-state index in [1.165, 1.54) is 56.7 Å². The van der Waals surface area contributed by atoms with Crippen LogP contribution in [0.4, 0.5) is 14.4 Å². The number of carbonyl (C=O) groups excluding carboxylic acids is 3. The van der Waals surface area contributed by atoms with Crippen LogP contribution in [0.2, 0.25) is 13.3 Å². The molecular weight excluding hydrogens is 1860 g/mol. The molecule has 0 bridgehead atoms. The van der Waals surface area contributed by atoms with Gasteiger partial charge in [-0.15, -0.1) is 0 Å². The fraction of sp³-hybridized carbons (Fsp3) is 0.444. The predicted octanol–water partition coefficient (Wildman–Crippen LogP) is 18.6. The zero-order chi connectivity index (χ0) is 91.9. The van der Waals surface area contributed by atoms with Crippen molar-refractivity contribution in [3.63, 3.8) is 0 Å². The van der Waals surface area contributed by atoms with Crippen LogP contribution in [0.25, 0.3) is 56.9 Å². The van der Waals surface area contributed by atoms with Crippen LogP contribution in [0.3, 0.4) is 0 Å². The van der Waals surface area contributed by atoms with E-state index in [-0.39, 0.29) is 42.2 Å². The fourth-order valence-electron chi connectivity index (χ4n) is 14.4. The van der Waals surface area contributed by atoms with Gasteiger partial charge in [0.05, 0.1) is 29.5 Å². The molecule has 4 aliphatic rings. The van der Waals surface area contributed by atoms with Gasteiger partial charge in [-0.1, -0.05) is 36.6 Å². The van der Waals surface area contributed by atoms with Gasteiger partial charge in [0.15, 0.2) is 29.5 Å². The summed E-state index contributed by atoms with van der Waals surface area (Å²) in [5.74, 6) is 2.65. The zero-order valence-corrected chi connectivity index (χ0v) is 79.5. The number of amidine groups is 1. The number of nitrogens with two attached hydrogens (primary N) is 1. The molecule has 0 spiro atoms. The molecule has 0 aliphatic carbocycles.